The van der Waals surface area contributed by atoms with Gasteiger partial charge in [0.1, 0.15) is 5.75 Å². The number of halogens is 1. The summed E-state index contributed by atoms with van der Waals surface area (Å²) in [4.78, 5) is 11.7. The number of phenols is 1. The minimum Gasteiger partial charge on any atom is -0.507 e. The van der Waals surface area contributed by atoms with E-state index in [1.165, 1.54) is 6.21 Å². The van der Waals surface area contributed by atoms with Crippen molar-refractivity contribution in [1.82, 2.24) is 5.43 Å². The molecule has 0 saturated heterocycles. The number of carbonyl (C=O) groups excluding carboxylic acids is 1. The second-order valence-corrected chi connectivity index (χ2v) is 5.50. The summed E-state index contributed by atoms with van der Waals surface area (Å²) in [6, 6.07) is 13.6. The number of hydrogen-bond donors (Lipinski definition) is 3. The molecule has 2 rings (SSSR count). The minimum absolute atomic E-state index is 0.0667. The fourth-order valence-corrected chi connectivity index (χ4v) is 2.16. The predicted molar refractivity (Wildman–Crippen MR) is 88.0 cm³/mol. The van der Waals surface area contributed by atoms with Gasteiger partial charge in [0.25, 0.3) is 5.91 Å². The van der Waals surface area contributed by atoms with Gasteiger partial charge in [-0.1, -0.05) is 30.3 Å². The van der Waals surface area contributed by atoms with Gasteiger partial charge in [-0.2, -0.15) is 5.10 Å². The summed E-state index contributed by atoms with van der Waals surface area (Å²) in [6.45, 7) is 0. The van der Waals surface area contributed by atoms with Crippen molar-refractivity contribution in [2.75, 3.05) is 0 Å². The van der Waals surface area contributed by atoms with Crippen LogP contribution in [0.25, 0.3) is 0 Å². The molecule has 108 valence electrons. The van der Waals surface area contributed by atoms with Crippen LogP contribution in [0.4, 0.5) is 0 Å². The summed E-state index contributed by atoms with van der Waals surface area (Å²) >= 11 is 2.11. The van der Waals surface area contributed by atoms with Crippen LogP contribution in [-0.2, 0) is 4.79 Å². The molecule has 0 radical (unpaired) electrons. The Morgan fingerprint density at radius 2 is 1.95 bits per heavy atom. The maximum absolute atomic E-state index is 11.7. The summed E-state index contributed by atoms with van der Waals surface area (Å²) in [7, 11) is 0. The summed E-state index contributed by atoms with van der Waals surface area (Å²) < 4.78 is 0.933. The Hall–Kier alpha value is -1.93. The quantitative estimate of drug-likeness (QED) is 0.421. The van der Waals surface area contributed by atoms with Crippen LogP contribution in [-0.4, -0.2) is 22.3 Å². The maximum Gasteiger partial charge on any atom is 0.273 e. The Balaban J connectivity index is 2.01. The first-order valence-corrected chi connectivity index (χ1v) is 7.20. The van der Waals surface area contributed by atoms with Gasteiger partial charge in [0, 0.05) is 9.13 Å². The molecule has 0 heterocycles. The van der Waals surface area contributed by atoms with E-state index in [1.807, 2.05) is 0 Å². The molecule has 0 saturated carbocycles. The van der Waals surface area contributed by atoms with E-state index in [9.17, 15) is 15.0 Å². The van der Waals surface area contributed by atoms with Crippen molar-refractivity contribution in [2.45, 2.75) is 6.10 Å². The second kappa shape index (κ2) is 7.19. The lowest BCUT2D eigenvalue weighted by Crippen LogP contribution is -2.25. The molecule has 6 heteroatoms. The maximum atomic E-state index is 11.7. The van der Waals surface area contributed by atoms with E-state index >= 15 is 0 Å². The first-order chi connectivity index (χ1) is 10.1. The fraction of sp³-hybridized carbons (Fsp3) is 0.0667. The summed E-state index contributed by atoms with van der Waals surface area (Å²) in [5.74, 6) is -0.570. The molecule has 21 heavy (non-hydrogen) atoms. The molecule has 0 aromatic heterocycles. The largest absolute Gasteiger partial charge is 0.507 e. The average molecular weight is 396 g/mol. The predicted octanol–water partition coefficient (Wildman–Crippen LogP) is 2.18. The molecule has 3 N–H and O–H groups in total. The minimum atomic E-state index is -1.28. The molecule has 0 bridgehead atoms. The van der Waals surface area contributed by atoms with E-state index in [0.29, 0.717) is 11.1 Å². The highest BCUT2D eigenvalue weighted by molar-refractivity contribution is 14.1. The molecular weight excluding hydrogens is 383 g/mol. The fourth-order valence-electron chi connectivity index (χ4n) is 1.64. The van der Waals surface area contributed by atoms with Crippen LogP contribution in [0.5, 0.6) is 5.75 Å². The van der Waals surface area contributed by atoms with E-state index < -0.39 is 12.0 Å². The van der Waals surface area contributed by atoms with Crippen LogP contribution >= 0.6 is 22.6 Å². The highest BCUT2D eigenvalue weighted by atomic mass is 127. The number of nitrogens with one attached hydrogen (secondary N) is 1. The number of nitrogens with zero attached hydrogens (tertiary/aromatic N) is 1. The zero-order valence-electron chi connectivity index (χ0n) is 10.9. The van der Waals surface area contributed by atoms with Crippen LogP contribution in [0.15, 0.2) is 53.6 Å². The third-order valence-electron chi connectivity index (χ3n) is 2.73. The van der Waals surface area contributed by atoms with E-state index in [0.717, 1.165) is 3.57 Å². The molecule has 2 aromatic carbocycles. The van der Waals surface area contributed by atoms with Gasteiger partial charge in [0.15, 0.2) is 6.10 Å². The molecule has 0 unspecified atom stereocenters. The first-order valence-electron chi connectivity index (χ1n) is 6.12. The molecule has 0 spiro atoms. The first kappa shape index (κ1) is 15.5. The smallest absolute Gasteiger partial charge is 0.273 e. The number of phenolic OH excluding ortho intramolecular Hbond substituents is 1. The lowest BCUT2D eigenvalue weighted by Gasteiger charge is -2.08. The number of amides is 1. The highest BCUT2D eigenvalue weighted by Crippen LogP contribution is 2.17. The van der Waals surface area contributed by atoms with Gasteiger partial charge >= 0.3 is 0 Å². The summed E-state index contributed by atoms with van der Waals surface area (Å²) in [6.07, 6.45) is 0.0421. The second-order valence-electron chi connectivity index (χ2n) is 4.25. The van der Waals surface area contributed by atoms with Crippen molar-refractivity contribution >= 4 is 34.7 Å². The van der Waals surface area contributed by atoms with E-state index in [4.69, 9.17) is 0 Å². The van der Waals surface area contributed by atoms with Crippen LogP contribution in [0.2, 0.25) is 0 Å². The average Bonchev–Trinajstić information content (AvgIpc) is 2.50. The number of aliphatic hydroxyl groups is 1. The van der Waals surface area contributed by atoms with E-state index in [1.54, 1.807) is 48.5 Å². The molecule has 5 nitrogen and oxygen atoms in total. The number of aromatic hydroxyl groups is 1. The Bertz CT molecular complexity index is 659. The van der Waals surface area contributed by atoms with Crippen LogP contribution in [0.3, 0.4) is 0 Å². The van der Waals surface area contributed by atoms with Crippen molar-refractivity contribution in [3.63, 3.8) is 0 Å². The molecule has 0 fully saturated rings. The standard InChI is InChI=1S/C15H13IN2O3/c16-12-6-7-13(19)11(8-12)9-17-18-15(21)14(20)10-4-2-1-3-5-10/h1-9,14,19-20H,(H,18,21)/b17-9-/t14-/m1/s1. The van der Waals surface area contributed by atoms with Crippen molar-refractivity contribution in [3.05, 3.63) is 63.2 Å². The van der Waals surface area contributed by atoms with Gasteiger partial charge in [0.05, 0.1) is 6.21 Å². The van der Waals surface area contributed by atoms with Crippen molar-refractivity contribution in [3.8, 4) is 5.75 Å². The Morgan fingerprint density at radius 1 is 1.24 bits per heavy atom. The number of carbonyl (C=O) groups is 1. The lowest BCUT2D eigenvalue weighted by molar-refractivity contribution is -0.129. The molecular formula is C15H13IN2O3. The summed E-state index contributed by atoms with van der Waals surface area (Å²) in [5.41, 5.74) is 3.21. The molecule has 0 aliphatic rings. The number of benzene rings is 2. The highest BCUT2D eigenvalue weighted by Gasteiger charge is 2.15. The number of hydrogen-bond acceptors (Lipinski definition) is 4. The van der Waals surface area contributed by atoms with Gasteiger partial charge in [-0.3, -0.25) is 4.79 Å². The zero-order valence-corrected chi connectivity index (χ0v) is 13.1. The normalized spacial score (nSPS) is 12.3. The molecule has 0 aliphatic heterocycles. The van der Waals surface area contributed by atoms with Gasteiger partial charge in [-0.15, -0.1) is 0 Å². The molecule has 1 amide bonds. The van der Waals surface area contributed by atoms with Crippen molar-refractivity contribution in [2.24, 2.45) is 5.10 Å². The third kappa shape index (κ3) is 4.27. The molecule has 2 aromatic rings. The zero-order chi connectivity index (χ0) is 15.2. The van der Waals surface area contributed by atoms with Crippen LogP contribution < -0.4 is 5.43 Å². The van der Waals surface area contributed by atoms with Crippen LogP contribution in [0, 0.1) is 3.57 Å². The van der Waals surface area contributed by atoms with E-state index in [-0.39, 0.29) is 5.75 Å². The van der Waals surface area contributed by atoms with Gasteiger partial charge in [-0.05, 0) is 46.4 Å². The van der Waals surface area contributed by atoms with Crippen LogP contribution in [0.1, 0.15) is 17.2 Å². The SMILES string of the molecule is O=C(N/N=C\c1cc(I)ccc1O)[C@H](O)c1ccccc1. The van der Waals surface area contributed by atoms with E-state index in [2.05, 4.69) is 33.1 Å². The lowest BCUT2D eigenvalue weighted by atomic mass is 10.1. The van der Waals surface area contributed by atoms with Gasteiger partial charge in [-0.25, -0.2) is 5.43 Å². The Morgan fingerprint density at radius 3 is 2.67 bits per heavy atom. The van der Waals surface area contributed by atoms with Crippen molar-refractivity contribution < 1.29 is 15.0 Å². The number of aliphatic hydroxyl groups excluding tert-OH is 1. The third-order valence-corrected chi connectivity index (χ3v) is 3.40. The summed E-state index contributed by atoms with van der Waals surface area (Å²) in [5, 5.41) is 23.2. The number of hydrazone groups is 1. The van der Waals surface area contributed by atoms with Gasteiger partial charge < -0.3 is 10.2 Å². The Labute approximate surface area is 135 Å². The topological polar surface area (TPSA) is 81.9 Å². The molecule has 0 aliphatic carbocycles. The molecule has 1 atom stereocenters. The monoisotopic (exact) mass is 396 g/mol. The number of rotatable bonds is 4. The van der Waals surface area contributed by atoms with Crippen molar-refractivity contribution in [1.29, 1.82) is 0 Å². The Kier molecular flexibility index (Phi) is 5.29. The van der Waals surface area contributed by atoms with Gasteiger partial charge in [0.2, 0.25) is 0 Å².